The maximum atomic E-state index is 5.73. The van der Waals surface area contributed by atoms with Crippen molar-refractivity contribution in [3.8, 4) is 0 Å². The van der Waals surface area contributed by atoms with Crippen molar-refractivity contribution in [2.24, 2.45) is 16.6 Å². The quantitative estimate of drug-likeness (QED) is 0.536. The van der Waals surface area contributed by atoms with Crippen LogP contribution in [-0.2, 0) is 0 Å². The normalized spacial score (nSPS) is 22.0. The Morgan fingerprint density at radius 2 is 2.07 bits per heavy atom. The molecule has 0 aromatic heterocycles. The monoisotopic (exact) mass is 197 g/mol. The first-order valence-electron chi connectivity index (χ1n) is 5.80. The molecule has 14 heavy (non-hydrogen) atoms. The summed E-state index contributed by atoms with van der Waals surface area (Å²) in [5.41, 5.74) is 5.73. The van der Waals surface area contributed by atoms with E-state index < -0.39 is 0 Å². The second-order valence-corrected chi connectivity index (χ2v) is 4.19. The molecule has 0 radical (unpaired) electrons. The van der Waals surface area contributed by atoms with Gasteiger partial charge in [0.2, 0.25) is 0 Å². The van der Waals surface area contributed by atoms with Crippen molar-refractivity contribution in [1.29, 1.82) is 0 Å². The summed E-state index contributed by atoms with van der Waals surface area (Å²) in [7, 11) is 0. The predicted molar refractivity (Wildman–Crippen MR) is 61.3 cm³/mol. The Kier molecular flexibility index (Phi) is 4.77. The Bertz CT molecular complexity index is 183. The molecule has 1 fully saturated rings. The third-order valence-electron chi connectivity index (χ3n) is 3.06. The number of nitrogens with two attached hydrogens (primary N) is 1. The van der Waals surface area contributed by atoms with Gasteiger partial charge >= 0.3 is 0 Å². The van der Waals surface area contributed by atoms with Crippen LogP contribution in [0.2, 0.25) is 0 Å². The third kappa shape index (κ3) is 3.56. The highest BCUT2D eigenvalue weighted by Crippen LogP contribution is 2.26. The molecule has 0 aliphatic heterocycles. The lowest BCUT2D eigenvalue weighted by atomic mass is 9.85. The zero-order valence-electron chi connectivity index (χ0n) is 9.42. The molecule has 1 aliphatic carbocycles. The number of rotatable bonds is 3. The van der Waals surface area contributed by atoms with Crippen molar-refractivity contribution in [1.82, 2.24) is 5.32 Å². The Labute approximate surface area is 87.2 Å². The van der Waals surface area contributed by atoms with Crippen LogP contribution in [0.5, 0.6) is 0 Å². The summed E-state index contributed by atoms with van der Waals surface area (Å²) in [5, 5.41) is 3.28. The highest BCUT2D eigenvalue weighted by Gasteiger charge is 2.19. The van der Waals surface area contributed by atoms with E-state index in [2.05, 4.69) is 17.2 Å². The minimum atomic E-state index is 0.477. The van der Waals surface area contributed by atoms with Crippen molar-refractivity contribution >= 4 is 5.96 Å². The van der Waals surface area contributed by atoms with Gasteiger partial charge in [0.15, 0.2) is 5.96 Å². The molecule has 0 aromatic rings. The first kappa shape index (κ1) is 11.3. The van der Waals surface area contributed by atoms with E-state index in [0.717, 1.165) is 12.5 Å². The molecule has 1 saturated carbocycles. The minimum Gasteiger partial charge on any atom is -0.370 e. The molecule has 0 spiro atoms. The number of aliphatic imine (C=N–C) groups is 1. The van der Waals surface area contributed by atoms with Gasteiger partial charge in [-0.05, 0) is 32.6 Å². The minimum absolute atomic E-state index is 0.477. The van der Waals surface area contributed by atoms with E-state index in [1.165, 1.54) is 32.1 Å². The third-order valence-corrected chi connectivity index (χ3v) is 3.06. The van der Waals surface area contributed by atoms with E-state index in [0.29, 0.717) is 12.0 Å². The van der Waals surface area contributed by atoms with E-state index >= 15 is 0 Å². The second-order valence-electron chi connectivity index (χ2n) is 4.19. The van der Waals surface area contributed by atoms with Gasteiger partial charge in [-0.3, -0.25) is 4.99 Å². The van der Waals surface area contributed by atoms with Crippen molar-refractivity contribution in [2.45, 2.75) is 52.0 Å². The number of hydrogen-bond acceptors (Lipinski definition) is 1. The molecule has 0 bridgehead atoms. The van der Waals surface area contributed by atoms with Crippen LogP contribution >= 0.6 is 0 Å². The molecular formula is C11H23N3. The van der Waals surface area contributed by atoms with Crippen molar-refractivity contribution in [3.63, 3.8) is 0 Å². The van der Waals surface area contributed by atoms with Crippen LogP contribution in [-0.4, -0.2) is 18.5 Å². The van der Waals surface area contributed by atoms with Crippen LogP contribution in [0.3, 0.4) is 0 Å². The van der Waals surface area contributed by atoms with E-state index in [-0.39, 0.29) is 0 Å². The largest absolute Gasteiger partial charge is 0.370 e. The van der Waals surface area contributed by atoms with Crippen LogP contribution < -0.4 is 11.1 Å². The first-order valence-corrected chi connectivity index (χ1v) is 5.80. The van der Waals surface area contributed by atoms with Crippen molar-refractivity contribution in [3.05, 3.63) is 0 Å². The van der Waals surface area contributed by atoms with E-state index in [9.17, 15) is 0 Å². The molecule has 3 heteroatoms. The lowest BCUT2D eigenvalue weighted by molar-refractivity contribution is 0.301. The Morgan fingerprint density at radius 1 is 1.43 bits per heavy atom. The van der Waals surface area contributed by atoms with Gasteiger partial charge in [-0.15, -0.1) is 0 Å². The molecule has 3 nitrogen and oxygen atoms in total. The molecule has 1 atom stereocenters. The molecule has 3 N–H and O–H groups in total. The zero-order valence-corrected chi connectivity index (χ0v) is 9.42. The van der Waals surface area contributed by atoms with Crippen LogP contribution in [0.4, 0.5) is 0 Å². The summed E-state index contributed by atoms with van der Waals surface area (Å²) in [6, 6.07) is 0.477. The van der Waals surface area contributed by atoms with Gasteiger partial charge < -0.3 is 11.1 Å². The number of nitrogens with one attached hydrogen (secondary N) is 1. The van der Waals surface area contributed by atoms with Gasteiger partial charge in [0.25, 0.3) is 0 Å². The van der Waals surface area contributed by atoms with Gasteiger partial charge in [0.1, 0.15) is 0 Å². The maximum Gasteiger partial charge on any atom is 0.188 e. The average Bonchev–Trinajstić information content (AvgIpc) is 2.19. The molecular weight excluding hydrogens is 174 g/mol. The number of hydrogen-bond donors (Lipinski definition) is 2. The van der Waals surface area contributed by atoms with E-state index in [4.69, 9.17) is 5.73 Å². The van der Waals surface area contributed by atoms with Gasteiger partial charge in [0, 0.05) is 12.6 Å². The predicted octanol–water partition coefficient (Wildman–Crippen LogP) is 1.88. The van der Waals surface area contributed by atoms with Crippen LogP contribution in [0, 0.1) is 5.92 Å². The van der Waals surface area contributed by atoms with E-state index in [1.54, 1.807) is 0 Å². The SMILES string of the molecule is CCN=C(N)N[C@H](C)C1CCCCC1. The van der Waals surface area contributed by atoms with Crippen LogP contribution in [0.25, 0.3) is 0 Å². The standard InChI is InChI=1S/C11H23N3/c1-3-13-11(12)14-9(2)10-7-5-4-6-8-10/h9-10H,3-8H2,1-2H3,(H3,12,13,14)/t9-/m1/s1. The maximum absolute atomic E-state index is 5.73. The Balaban J connectivity index is 2.32. The fourth-order valence-electron chi connectivity index (χ4n) is 2.20. The lowest BCUT2D eigenvalue weighted by Gasteiger charge is -2.28. The summed E-state index contributed by atoms with van der Waals surface area (Å²) in [5.74, 6) is 1.39. The van der Waals surface area contributed by atoms with Gasteiger partial charge in [-0.1, -0.05) is 19.3 Å². The van der Waals surface area contributed by atoms with E-state index in [1.807, 2.05) is 6.92 Å². The van der Waals surface area contributed by atoms with Crippen LogP contribution in [0.15, 0.2) is 4.99 Å². The molecule has 0 heterocycles. The van der Waals surface area contributed by atoms with Crippen molar-refractivity contribution < 1.29 is 0 Å². The Hall–Kier alpha value is -0.730. The number of nitrogens with zero attached hydrogens (tertiary/aromatic N) is 1. The smallest absolute Gasteiger partial charge is 0.188 e. The summed E-state index contributed by atoms with van der Waals surface area (Å²) >= 11 is 0. The summed E-state index contributed by atoms with van der Waals surface area (Å²) < 4.78 is 0. The first-order chi connectivity index (χ1) is 6.74. The van der Waals surface area contributed by atoms with Gasteiger partial charge in [-0.25, -0.2) is 0 Å². The summed E-state index contributed by atoms with van der Waals surface area (Å²) in [4.78, 5) is 4.14. The molecule has 0 saturated heterocycles. The molecule has 82 valence electrons. The lowest BCUT2D eigenvalue weighted by Crippen LogP contribution is -2.43. The molecule has 1 rings (SSSR count). The zero-order chi connectivity index (χ0) is 10.4. The fourth-order valence-corrected chi connectivity index (χ4v) is 2.20. The second kappa shape index (κ2) is 5.89. The topological polar surface area (TPSA) is 50.4 Å². The van der Waals surface area contributed by atoms with Gasteiger partial charge in [-0.2, -0.15) is 0 Å². The molecule has 0 aromatic carbocycles. The Morgan fingerprint density at radius 3 is 2.64 bits per heavy atom. The molecule has 1 aliphatic rings. The number of guanidine groups is 1. The summed E-state index contributed by atoms with van der Waals surface area (Å²) in [6.45, 7) is 4.98. The highest BCUT2D eigenvalue weighted by molar-refractivity contribution is 5.78. The van der Waals surface area contributed by atoms with Gasteiger partial charge in [0.05, 0.1) is 0 Å². The molecule has 0 unspecified atom stereocenters. The van der Waals surface area contributed by atoms with Crippen molar-refractivity contribution in [2.75, 3.05) is 6.54 Å². The fraction of sp³-hybridized carbons (Fsp3) is 0.909. The highest BCUT2D eigenvalue weighted by atomic mass is 15.1. The van der Waals surface area contributed by atoms with Crippen LogP contribution in [0.1, 0.15) is 46.0 Å². The molecule has 0 amide bonds. The summed E-state index contributed by atoms with van der Waals surface area (Å²) in [6.07, 6.45) is 6.84. The average molecular weight is 197 g/mol.